The average Bonchev–Trinajstić information content (AvgIpc) is 2.41. The Morgan fingerprint density at radius 1 is 1.32 bits per heavy atom. The predicted molar refractivity (Wildman–Crippen MR) is 75.6 cm³/mol. The van der Waals surface area contributed by atoms with Gasteiger partial charge in [0.05, 0.1) is 24.8 Å². The Balaban J connectivity index is 1.87. The molecule has 2 N–H and O–H groups in total. The Morgan fingerprint density at radius 2 is 2.05 bits per heavy atom. The van der Waals surface area contributed by atoms with E-state index in [4.69, 9.17) is 15.7 Å². The molecule has 0 aromatic heterocycles. The van der Waals surface area contributed by atoms with Crippen LogP contribution < -0.4 is 5.73 Å². The summed E-state index contributed by atoms with van der Waals surface area (Å²) < 4.78 is 5.81. The van der Waals surface area contributed by atoms with Crippen LogP contribution in [0.5, 0.6) is 0 Å². The predicted octanol–water partition coefficient (Wildman–Crippen LogP) is 3.04. The van der Waals surface area contributed by atoms with Gasteiger partial charge < -0.3 is 10.5 Å². The summed E-state index contributed by atoms with van der Waals surface area (Å²) in [6.45, 7) is 3.22. The van der Waals surface area contributed by atoms with Gasteiger partial charge in [0.1, 0.15) is 0 Å². The SMILES string of the molecule is Cc1cc(C#N)ccc1COCC1(N)CCCCC1. The highest BCUT2D eigenvalue weighted by atomic mass is 16.5. The highest BCUT2D eigenvalue weighted by Gasteiger charge is 2.27. The van der Waals surface area contributed by atoms with Crippen molar-refractivity contribution in [3.63, 3.8) is 0 Å². The number of nitrogens with zero attached hydrogens (tertiary/aromatic N) is 1. The van der Waals surface area contributed by atoms with E-state index in [0.717, 1.165) is 24.0 Å². The number of ether oxygens (including phenoxy) is 1. The first-order chi connectivity index (χ1) is 9.13. The summed E-state index contributed by atoms with van der Waals surface area (Å²) >= 11 is 0. The molecular formula is C16H22N2O. The Morgan fingerprint density at radius 3 is 2.68 bits per heavy atom. The zero-order valence-electron chi connectivity index (χ0n) is 11.6. The first-order valence-corrected chi connectivity index (χ1v) is 6.99. The molecule has 0 bridgehead atoms. The second kappa shape index (κ2) is 6.18. The third-order valence-electron chi connectivity index (χ3n) is 3.97. The minimum atomic E-state index is -0.126. The van der Waals surface area contributed by atoms with Gasteiger partial charge in [-0.2, -0.15) is 5.26 Å². The van der Waals surface area contributed by atoms with Crippen LogP contribution in [0.1, 0.15) is 48.8 Å². The van der Waals surface area contributed by atoms with Crippen LogP contribution in [0.3, 0.4) is 0 Å². The molecule has 0 saturated heterocycles. The van der Waals surface area contributed by atoms with E-state index in [1.54, 1.807) is 0 Å². The van der Waals surface area contributed by atoms with Gasteiger partial charge in [-0.25, -0.2) is 0 Å². The molecule has 0 heterocycles. The highest BCUT2D eigenvalue weighted by Crippen LogP contribution is 2.26. The lowest BCUT2D eigenvalue weighted by Crippen LogP contribution is -2.46. The van der Waals surface area contributed by atoms with Gasteiger partial charge >= 0.3 is 0 Å². The fourth-order valence-electron chi connectivity index (χ4n) is 2.69. The molecule has 2 rings (SSSR count). The van der Waals surface area contributed by atoms with Gasteiger partial charge in [-0.15, -0.1) is 0 Å². The molecule has 1 aliphatic carbocycles. The third kappa shape index (κ3) is 3.79. The molecule has 0 spiro atoms. The van der Waals surface area contributed by atoms with Gasteiger partial charge in [-0.1, -0.05) is 25.3 Å². The van der Waals surface area contributed by atoms with Crippen molar-refractivity contribution in [3.8, 4) is 6.07 Å². The topological polar surface area (TPSA) is 59.0 Å². The molecule has 1 fully saturated rings. The van der Waals surface area contributed by atoms with Gasteiger partial charge in [-0.3, -0.25) is 0 Å². The summed E-state index contributed by atoms with van der Waals surface area (Å²) in [5.74, 6) is 0. The van der Waals surface area contributed by atoms with Crippen molar-refractivity contribution in [1.29, 1.82) is 5.26 Å². The monoisotopic (exact) mass is 258 g/mol. The lowest BCUT2D eigenvalue weighted by molar-refractivity contribution is 0.0572. The van der Waals surface area contributed by atoms with Crippen LogP contribution in [0.25, 0.3) is 0 Å². The summed E-state index contributed by atoms with van der Waals surface area (Å²) in [4.78, 5) is 0. The van der Waals surface area contributed by atoms with Gasteiger partial charge in [0.25, 0.3) is 0 Å². The van der Waals surface area contributed by atoms with Crippen molar-refractivity contribution in [2.75, 3.05) is 6.61 Å². The van der Waals surface area contributed by atoms with Crippen LogP contribution in [0, 0.1) is 18.3 Å². The van der Waals surface area contributed by atoms with E-state index in [1.807, 2.05) is 25.1 Å². The average molecular weight is 258 g/mol. The quantitative estimate of drug-likeness (QED) is 0.903. The molecule has 0 unspecified atom stereocenters. The van der Waals surface area contributed by atoms with E-state index in [9.17, 15) is 0 Å². The summed E-state index contributed by atoms with van der Waals surface area (Å²) in [6.07, 6.45) is 5.87. The molecule has 19 heavy (non-hydrogen) atoms. The smallest absolute Gasteiger partial charge is 0.0991 e. The largest absolute Gasteiger partial charge is 0.375 e. The number of aryl methyl sites for hydroxylation is 1. The van der Waals surface area contributed by atoms with Crippen molar-refractivity contribution >= 4 is 0 Å². The molecule has 0 radical (unpaired) electrons. The van der Waals surface area contributed by atoms with Crippen molar-refractivity contribution in [1.82, 2.24) is 0 Å². The summed E-state index contributed by atoms with van der Waals surface area (Å²) in [5.41, 5.74) is 9.15. The zero-order valence-corrected chi connectivity index (χ0v) is 11.6. The van der Waals surface area contributed by atoms with Crippen molar-refractivity contribution < 1.29 is 4.74 Å². The van der Waals surface area contributed by atoms with Crippen molar-refractivity contribution in [2.45, 2.75) is 51.2 Å². The molecular weight excluding hydrogens is 236 g/mol. The minimum Gasteiger partial charge on any atom is -0.375 e. The molecule has 1 aromatic carbocycles. The van der Waals surface area contributed by atoms with Gasteiger partial charge in [-0.05, 0) is 43.0 Å². The van der Waals surface area contributed by atoms with Crippen LogP contribution >= 0.6 is 0 Å². The first kappa shape index (κ1) is 14.0. The van der Waals surface area contributed by atoms with Crippen molar-refractivity contribution in [3.05, 3.63) is 34.9 Å². The third-order valence-corrected chi connectivity index (χ3v) is 3.97. The van der Waals surface area contributed by atoms with Crippen LogP contribution in [0.4, 0.5) is 0 Å². The summed E-state index contributed by atoms with van der Waals surface area (Å²) in [5, 5.41) is 8.84. The fourth-order valence-corrected chi connectivity index (χ4v) is 2.69. The fraction of sp³-hybridized carbons (Fsp3) is 0.562. The number of nitrogens with two attached hydrogens (primary N) is 1. The molecule has 3 heteroatoms. The zero-order chi connectivity index (χ0) is 13.7. The standard InChI is InChI=1S/C16H22N2O/c1-13-9-14(10-17)5-6-15(13)11-19-12-16(18)7-3-2-4-8-16/h5-6,9H,2-4,7-8,11-12,18H2,1H3. The van der Waals surface area contributed by atoms with E-state index >= 15 is 0 Å². The molecule has 1 aliphatic rings. The molecule has 3 nitrogen and oxygen atoms in total. The Bertz CT molecular complexity index is 470. The summed E-state index contributed by atoms with van der Waals surface area (Å²) in [7, 11) is 0. The normalized spacial score (nSPS) is 17.9. The maximum absolute atomic E-state index is 8.84. The number of rotatable bonds is 4. The van der Waals surface area contributed by atoms with Crippen LogP contribution in [0.2, 0.25) is 0 Å². The molecule has 0 aliphatic heterocycles. The van der Waals surface area contributed by atoms with E-state index < -0.39 is 0 Å². The number of hydrogen-bond acceptors (Lipinski definition) is 3. The number of benzene rings is 1. The van der Waals surface area contributed by atoms with Crippen LogP contribution in [-0.4, -0.2) is 12.1 Å². The Hall–Kier alpha value is -1.37. The summed E-state index contributed by atoms with van der Waals surface area (Å²) in [6, 6.07) is 7.86. The molecule has 1 aromatic rings. The minimum absolute atomic E-state index is 0.126. The molecule has 0 atom stereocenters. The maximum Gasteiger partial charge on any atom is 0.0991 e. The molecule has 0 amide bonds. The molecule has 102 valence electrons. The number of nitriles is 1. The van der Waals surface area contributed by atoms with Crippen LogP contribution in [-0.2, 0) is 11.3 Å². The Kier molecular flexibility index (Phi) is 4.57. The Labute approximate surface area is 115 Å². The van der Waals surface area contributed by atoms with Gasteiger partial charge in [0, 0.05) is 5.54 Å². The van der Waals surface area contributed by atoms with E-state index in [2.05, 4.69) is 6.07 Å². The lowest BCUT2D eigenvalue weighted by Gasteiger charge is -2.33. The maximum atomic E-state index is 8.84. The van der Waals surface area contributed by atoms with Crippen LogP contribution in [0.15, 0.2) is 18.2 Å². The second-order valence-corrected chi connectivity index (χ2v) is 5.67. The lowest BCUT2D eigenvalue weighted by atomic mass is 9.83. The van der Waals surface area contributed by atoms with E-state index in [-0.39, 0.29) is 5.54 Å². The molecule has 1 saturated carbocycles. The first-order valence-electron chi connectivity index (χ1n) is 6.99. The highest BCUT2D eigenvalue weighted by molar-refractivity contribution is 5.37. The van der Waals surface area contributed by atoms with E-state index in [0.29, 0.717) is 18.8 Å². The van der Waals surface area contributed by atoms with Gasteiger partial charge in [0.15, 0.2) is 0 Å². The van der Waals surface area contributed by atoms with E-state index in [1.165, 1.54) is 19.3 Å². The second-order valence-electron chi connectivity index (χ2n) is 5.67. The van der Waals surface area contributed by atoms with Gasteiger partial charge in [0.2, 0.25) is 0 Å². The van der Waals surface area contributed by atoms with Crippen molar-refractivity contribution in [2.24, 2.45) is 5.73 Å². The number of hydrogen-bond donors (Lipinski definition) is 1.